The zero-order valence-corrected chi connectivity index (χ0v) is 14.3. The van der Waals surface area contributed by atoms with Crippen molar-refractivity contribution in [2.75, 3.05) is 11.0 Å². The van der Waals surface area contributed by atoms with Gasteiger partial charge in [0.15, 0.2) is 0 Å². The summed E-state index contributed by atoms with van der Waals surface area (Å²) >= 11 is 2.97. The van der Waals surface area contributed by atoms with Crippen LogP contribution in [0.25, 0.3) is 6.08 Å². The minimum atomic E-state index is -3.74. The van der Waals surface area contributed by atoms with E-state index in [1.54, 1.807) is 30.0 Å². The van der Waals surface area contributed by atoms with Gasteiger partial charge in [-0.1, -0.05) is 30.3 Å². The molecule has 4 nitrogen and oxygen atoms in total. The number of nitrogens with two attached hydrogens (primary N) is 1. The van der Waals surface area contributed by atoms with E-state index in [4.69, 9.17) is 5.14 Å². The summed E-state index contributed by atoms with van der Waals surface area (Å²) in [5.74, 6) is 0. The van der Waals surface area contributed by atoms with Gasteiger partial charge in [0, 0.05) is 4.90 Å². The second-order valence-corrected chi connectivity index (χ2v) is 7.40. The Morgan fingerprint density at radius 3 is 2.50 bits per heavy atom. The van der Waals surface area contributed by atoms with Gasteiger partial charge in [-0.15, -0.1) is 11.8 Å². The number of sulfonamides is 1. The first kappa shape index (κ1) is 17.0. The monoisotopic (exact) mass is 352 g/mol. The number of para-hydroxylation sites is 1. The van der Waals surface area contributed by atoms with Gasteiger partial charge in [0.05, 0.1) is 5.69 Å². The van der Waals surface area contributed by atoms with Crippen LogP contribution in [0, 0.1) is 0 Å². The molecule has 0 amide bonds. The fourth-order valence-electron chi connectivity index (χ4n) is 1.81. The highest BCUT2D eigenvalue weighted by Gasteiger charge is 2.12. The van der Waals surface area contributed by atoms with Crippen molar-refractivity contribution in [3.63, 3.8) is 0 Å². The number of primary sulfonamides is 1. The second kappa shape index (κ2) is 7.73. The molecule has 2 aromatic rings. The summed E-state index contributed by atoms with van der Waals surface area (Å²) in [4.78, 5) is 1.27. The number of nitrogens with one attached hydrogen (secondary N) is 1. The molecule has 0 fully saturated rings. The Kier molecular flexibility index (Phi) is 5.96. The third-order valence-corrected chi connectivity index (χ3v) is 5.21. The fourth-order valence-corrected chi connectivity index (χ4v) is 3.74. The van der Waals surface area contributed by atoms with Crippen molar-refractivity contribution in [3.8, 4) is 0 Å². The van der Waals surface area contributed by atoms with Gasteiger partial charge < -0.3 is 4.72 Å². The molecule has 0 unspecified atom stereocenters. The summed E-state index contributed by atoms with van der Waals surface area (Å²) in [6, 6.07) is 14.6. The van der Waals surface area contributed by atoms with Crippen molar-refractivity contribution < 1.29 is 8.42 Å². The van der Waals surface area contributed by atoms with E-state index < -0.39 is 10.0 Å². The number of benzene rings is 2. The zero-order valence-electron chi connectivity index (χ0n) is 11.9. The van der Waals surface area contributed by atoms with Crippen LogP contribution < -0.4 is 9.86 Å². The second-order valence-electron chi connectivity index (χ2n) is 4.31. The summed E-state index contributed by atoms with van der Waals surface area (Å²) in [6.45, 7) is 0. The molecular weight excluding hydrogens is 336 g/mol. The number of rotatable bonds is 6. The van der Waals surface area contributed by atoms with Crippen molar-refractivity contribution in [3.05, 3.63) is 59.5 Å². The van der Waals surface area contributed by atoms with Gasteiger partial charge in [0.2, 0.25) is 10.0 Å². The predicted octanol–water partition coefficient (Wildman–Crippen LogP) is 3.79. The summed E-state index contributed by atoms with van der Waals surface area (Å²) < 4.78 is 26.0. The molecular formula is C15H16N2O2S3. The van der Waals surface area contributed by atoms with E-state index in [9.17, 15) is 8.42 Å². The van der Waals surface area contributed by atoms with Gasteiger partial charge in [-0.05, 0) is 53.5 Å². The van der Waals surface area contributed by atoms with Gasteiger partial charge >= 0.3 is 0 Å². The molecule has 0 atom stereocenters. The number of thioether (sulfide) groups is 1. The predicted molar refractivity (Wildman–Crippen MR) is 96.3 cm³/mol. The molecule has 116 valence electrons. The SMILES string of the molecule is CSc1ccccc1/C=C/SNc1ccccc1S(N)(=O)=O. The molecule has 0 saturated carbocycles. The minimum absolute atomic E-state index is 0.0837. The van der Waals surface area contributed by atoms with Crippen molar-refractivity contribution >= 4 is 45.5 Å². The van der Waals surface area contributed by atoms with Crippen LogP contribution in [-0.2, 0) is 10.0 Å². The minimum Gasteiger partial charge on any atom is -0.325 e. The maximum absolute atomic E-state index is 11.5. The van der Waals surface area contributed by atoms with E-state index in [1.165, 1.54) is 22.9 Å². The van der Waals surface area contributed by atoms with E-state index >= 15 is 0 Å². The Morgan fingerprint density at radius 1 is 1.09 bits per heavy atom. The average molecular weight is 353 g/mol. The quantitative estimate of drug-likeness (QED) is 0.611. The third kappa shape index (κ3) is 4.54. The maximum atomic E-state index is 11.5. The highest BCUT2D eigenvalue weighted by molar-refractivity contribution is 8.03. The van der Waals surface area contributed by atoms with Gasteiger partial charge in [-0.25, -0.2) is 13.6 Å². The van der Waals surface area contributed by atoms with Crippen molar-refractivity contribution in [2.24, 2.45) is 5.14 Å². The molecule has 3 N–H and O–H groups in total. The van der Waals surface area contributed by atoms with Crippen molar-refractivity contribution in [1.82, 2.24) is 0 Å². The average Bonchev–Trinajstić information content (AvgIpc) is 2.51. The lowest BCUT2D eigenvalue weighted by Crippen LogP contribution is -2.13. The molecule has 0 aliphatic rings. The van der Waals surface area contributed by atoms with Gasteiger partial charge in [-0.3, -0.25) is 0 Å². The molecule has 0 heterocycles. The Balaban J connectivity index is 2.07. The summed E-state index contributed by atoms with van der Waals surface area (Å²) in [6.07, 6.45) is 4.00. The van der Waals surface area contributed by atoms with Crippen LogP contribution in [-0.4, -0.2) is 14.7 Å². The Hall–Kier alpha value is -1.41. The van der Waals surface area contributed by atoms with Gasteiger partial charge in [0.1, 0.15) is 4.90 Å². The number of anilines is 1. The first-order valence-electron chi connectivity index (χ1n) is 6.35. The van der Waals surface area contributed by atoms with Crippen LogP contribution in [0.15, 0.2) is 63.7 Å². The van der Waals surface area contributed by atoms with Crippen LogP contribution in [0.3, 0.4) is 0 Å². The summed E-state index contributed by atoms with van der Waals surface area (Å²) in [7, 11) is -3.74. The first-order chi connectivity index (χ1) is 10.5. The summed E-state index contributed by atoms with van der Waals surface area (Å²) in [5, 5.41) is 7.06. The topological polar surface area (TPSA) is 72.2 Å². The lowest BCUT2D eigenvalue weighted by molar-refractivity contribution is 0.598. The maximum Gasteiger partial charge on any atom is 0.240 e. The largest absolute Gasteiger partial charge is 0.325 e. The Bertz CT molecular complexity index is 774. The molecule has 0 aliphatic carbocycles. The Labute approximate surface area is 139 Å². The molecule has 0 bridgehead atoms. The molecule has 0 aromatic heterocycles. The van der Waals surface area contributed by atoms with E-state index in [0.717, 1.165) is 5.56 Å². The highest BCUT2D eigenvalue weighted by Crippen LogP contribution is 2.25. The third-order valence-electron chi connectivity index (χ3n) is 2.82. The van der Waals surface area contributed by atoms with Crippen molar-refractivity contribution in [2.45, 2.75) is 9.79 Å². The van der Waals surface area contributed by atoms with Crippen LogP contribution in [0.5, 0.6) is 0 Å². The first-order valence-corrected chi connectivity index (χ1v) is 10.0. The van der Waals surface area contributed by atoms with E-state index in [-0.39, 0.29) is 4.90 Å². The van der Waals surface area contributed by atoms with Crippen molar-refractivity contribution in [1.29, 1.82) is 0 Å². The Morgan fingerprint density at radius 2 is 1.77 bits per heavy atom. The summed E-state index contributed by atoms with van der Waals surface area (Å²) in [5.41, 5.74) is 1.59. The molecule has 0 aliphatic heterocycles. The molecule has 7 heteroatoms. The lowest BCUT2D eigenvalue weighted by atomic mass is 10.2. The van der Waals surface area contributed by atoms with Crippen LogP contribution in [0.1, 0.15) is 5.56 Å². The molecule has 22 heavy (non-hydrogen) atoms. The zero-order chi connectivity index (χ0) is 16.0. The highest BCUT2D eigenvalue weighted by atomic mass is 32.2. The molecule has 2 aromatic carbocycles. The van der Waals surface area contributed by atoms with E-state index in [2.05, 4.69) is 10.8 Å². The standard InChI is InChI=1S/C15H16N2O2S3/c1-20-14-8-4-2-6-12(14)10-11-21-17-13-7-3-5-9-15(13)22(16,18)19/h2-11,17H,1H3,(H2,16,18,19)/b11-10+. The number of hydrogen-bond donors (Lipinski definition) is 2. The number of hydrogen-bond acceptors (Lipinski definition) is 5. The fraction of sp³-hybridized carbons (Fsp3) is 0.0667. The van der Waals surface area contributed by atoms with Gasteiger partial charge in [-0.2, -0.15) is 0 Å². The normalized spacial score (nSPS) is 11.7. The van der Waals surface area contributed by atoms with Crippen LogP contribution >= 0.6 is 23.7 Å². The molecule has 0 saturated heterocycles. The van der Waals surface area contributed by atoms with Crippen LogP contribution in [0.2, 0.25) is 0 Å². The molecule has 0 radical (unpaired) electrons. The lowest BCUT2D eigenvalue weighted by Gasteiger charge is -2.07. The molecule has 2 rings (SSSR count). The van der Waals surface area contributed by atoms with Crippen LogP contribution in [0.4, 0.5) is 5.69 Å². The van der Waals surface area contributed by atoms with E-state index in [1.807, 2.05) is 35.9 Å². The molecule has 0 spiro atoms. The smallest absolute Gasteiger partial charge is 0.240 e. The van der Waals surface area contributed by atoms with Gasteiger partial charge in [0.25, 0.3) is 0 Å². The van der Waals surface area contributed by atoms with E-state index in [0.29, 0.717) is 5.69 Å².